The van der Waals surface area contributed by atoms with Gasteiger partial charge in [-0.05, 0) is 6.92 Å². The molecule has 0 bridgehead atoms. The maximum atomic E-state index is 12.1. The maximum absolute atomic E-state index is 12.1. The highest BCUT2D eigenvalue weighted by Crippen LogP contribution is 2.42. The molecule has 4 rings (SSSR count). The van der Waals surface area contributed by atoms with Gasteiger partial charge in [-0.1, -0.05) is 30.8 Å². The third-order valence-corrected chi connectivity index (χ3v) is 4.12. The average Bonchev–Trinajstić information content (AvgIpc) is 3.53. The van der Waals surface area contributed by atoms with E-state index in [-0.39, 0.29) is 12.2 Å². The van der Waals surface area contributed by atoms with Gasteiger partial charge in [-0.2, -0.15) is 0 Å². The molecule has 6 heteroatoms. The van der Waals surface area contributed by atoms with Crippen LogP contribution in [0.15, 0.2) is 42.5 Å². The molecule has 2 heterocycles. The molecule has 136 valence electrons. The highest BCUT2D eigenvalue weighted by atomic mass is 16.6. The number of esters is 1. The molecular weight excluding hydrogens is 336 g/mol. The number of hydrogen-bond donors (Lipinski definition) is 0. The van der Waals surface area contributed by atoms with Crippen LogP contribution in [0.1, 0.15) is 6.92 Å². The van der Waals surface area contributed by atoms with E-state index in [9.17, 15) is 4.79 Å². The summed E-state index contributed by atoms with van der Waals surface area (Å²) in [7, 11) is 0. The summed E-state index contributed by atoms with van der Waals surface area (Å²) in [5.41, 5.74) is 0.309. The van der Waals surface area contributed by atoms with Crippen molar-refractivity contribution in [2.24, 2.45) is 0 Å². The van der Waals surface area contributed by atoms with Gasteiger partial charge < -0.3 is 23.7 Å². The minimum absolute atomic E-state index is 0.0846. The molecule has 0 N–H and O–H groups in total. The Morgan fingerprint density at radius 1 is 1.08 bits per heavy atom. The van der Waals surface area contributed by atoms with Crippen molar-refractivity contribution < 1.29 is 28.5 Å². The minimum atomic E-state index is -0.510. The standard InChI is InChI=1S/C20H20O6/c1-12(2)20(21)26-18-7-17(24-10-13-8-22-13)15-5-3-4-6-16(15)19(18)25-11-14-9-23-14/h3-7,13-14H,1,8-11H2,2H3. The highest BCUT2D eigenvalue weighted by Gasteiger charge is 2.27. The predicted molar refractivity (Wildman–Crippen MR) is 94.9 cm³/mol. The van der Waals surface area contributed by atoms with E-state index < -0.39 is 5.97 Å². The van der Waals surface area contributed by atoms with Crippen molar-refractivity contribution in [1.82, 2.24) is 0 Å². The molecule has 2 aromatic carbocycles. The van der Waals surface area contributed by atoms with E-state index in [1.54, 1.807) is 13.0 Å². The van der Waals surface area contributed by atoms with E-state index in [1.807, 2.05) is 24.3 Å². The van der Waals surface area contributed by atoms with Crippen molar-refractivity contribution in [1.29, 1.82) is 0 Å². The first kappa shape index (κ1) is 16.9. The molecule has 0 aliphatic carbocycles. The van der Waals surface area contributed by atoms with Crippen molar-refractivity contribution in [3.8, 4) is 17.2 Å². The summed E-state index contributed by atoms with van der Waals surface area (Å²) in [6.45, 7) is 7.48. The summed E-state index contributed by atoms with van der Waals surface area (Å²) < 4.78 is 27.8. The second-order valence-electron chi connectivity index (χ2n) is 6.45. The molecule has 0 radical (unpaired) electrons. The number of epoxide rings is 2. The van der Waals surface area contributed by atoms with Crippen molar-refractivity contribution in [3.05, 3.63) is 42.5 Å². The van der Waals surface area contributed by atoms with Crippen molar-refractivity contribution >= 4 is 16.7 Å². The number of carbonyl (C=O) groups is 1. The van der Waals surface area contributed by atoms with Crippen molar-refractivity contribution in [2.75, 3.05) is 26.4 Å². The van der Waals surface area contributed by atoms with Crippen LogP contribution in [0.5, 0.6) is 17.2 Å². The van der Waals surface area contributed by atoms with Crippen LogP contribution in [0, 0.1) is 0 Å². The Labute approximate surface area is 151 Å². The van der Waals surface area contributed by atoms with Crippen LogP contribution in [0.3, 0.4) is 0 Å². The van der Waals surface area contributed by atoms with E-state index >= 15 is 0 Å². The van der Waals surface area contributed by atoms with Gasteiger partial charge in [0.1, 0.15) is 31.2 Å². The summed E-state index contributed by atoms with van der Waals surface area (Å²) in [5.74, 6) is 0.921. The van der Waals surface area contributed by atoms with Gasteiger partial charge in [-0.15, -0.1) is 0 Å². The quantitative estimate of drug-likeness (QED) is 0.313. The summed E-state index contributed by atoms with van der Waals surface area (Å²) >= 11 is 0. The predicted octanol–water partition coefficient (Wildman–Crippen LogP) is 2.88. The van der Waals surface area contributed by atoms with E-state index in [1.165, 1.54) is 0 Å². The zero-order chi connectivity index (χ0) is 18.1. The fraction of sp³-hybridized carbons (Fsp3) is 0.350. The van der Waals surface area contributed by atoms with Crippen LogP contribution in [0.25, 0.3) is 10.8 Å². The molecule has 0 amide bonds. The van der Waals surface area contributed by atoms with Gasteiger partial charge in [-0.25, -0.2) is 4.79 Å². The molecule has 2 unspecified atom stereocenters. The molecule has 2 aromatic rings. The Morgan fingerprint density at radius 3 is 2.31 bits per heavy atom. The van der Waals surface area contributed by atoms with Crippen LogP contribution < -0.4 is 14.2 Å². The average molecular weight is 356 g/mol. The lowest BCUT2D eigenvalue weighted by Crippen LogP contribution is -2.12. The van der Waals surface area contributed by atoms with E-state index in [2.05, 4.69) is 6.58 Å². The number of rotatable bonds is 8. The number of carbonyl (C=O) groups excluding carboxylic acids is 1. The molecule has 2 saturated heterocycles. The van der Waals surface area contributed by atoms with Gasteiger partial charge in [0.15, 0.2) is 11.5 Å². The normalized spacial score (nSPS) is 20.5. The van der Waals surface area contributed by atoms with E-state index in [0.717, 1.165) is 10.8 Å². The summed E-state index contributed by atoms with van der Waals surface area (Å²) in [5, 5.41) is 1.70. The van der Waals surface area contributed by atoms with Gasteiger partial charge in [-0.3, -0.25) is 0 Å². The summed E-state index contributed by atoms with van der Waals surface area (Å²) in [6.07, 6.45) is 0.208. The third-order valence-electron chi connectivity index (χ3n) is 4.12. The minimum Gasteiger partial charge on any atom is -0.490 e. The van der Waals surface area contributed by atoms with E-state index in [4.69, 9.17) is 23.7 Å². The van der Waals surface area contributed by atoms with Crippen LogP contribution in [0.4, 0.5) is 0 Å². The Hall–Kier alpha value is -2.57. The molecule has 0 saturated carbocycles. The number of hydrogen-bond acceptors (Lipinski definition) is 6. The van der Waals surface area contributed by atoms with Gasteiger partial charge in [0.25, 0.3) is 0 Å². The van der Waals surface area contributed by atoms with Gasteiger partial charge in [0.2, 0.25) is 0 Å². The smallest absolute Gasteiger partial charge is 0.338 e. The second kappa shape index (κ2) is 6.97. The molecule has 2 aliphatic heterocycles. The topological polar surface area (TPSA) is 69.8 Å². The molecule has 26 heavy (non-hydrogen) atoms. The van der Waals surface area contributed by atoms with Crippen molar-refractivity contribution in [2.45, 2.75) is 19.1 Å². The van der Waals surface area contributed by atoms with Crippen LogP contribution in [-0.4, -0.2) is 44.6 Å². The van der Waals surface area contributed by atoms with Crippen LogP contribution >= 0.6 is 0 Å². The van der Waals surface area contributed by atoms with Gasteiger partial charge in [0.05, 0.1) is 13.2 Å². The molecule has 0 aromatic heterocycles. The van der Waals surface area contributed by atoms with E-state index in [0.29, 0.717) is 49.2 Å². The molecule has 2 atom stereocenters. The summed E-state index contributed by atoms with van der Waals surface area (Å²) in [6, 6.07) is 9.38. The molecule has 2 fully saturated rings. The van der Waals surface area contributed by atoms with Crippen molar-refractivity contribution in [3.63, 3.8) is 0 Å². The zero-order valence-electron chi connectivity index (χ0n) is 14.5. The largest absolute Gasteiger partial charge is 0.490 e. The first-order chi connectivity index (χ1) is 12.6. The Balaban J connectivity index is 1.73. The lowest BCUT2D eigenvalue weighted by molar-refractivity contribution is -0.130. The maximum Gasteiger partial charge on any atom is 0.338 e. The summed E-state index contributed by atoms with van der Waals surface area (Å²) in [4.78, 5) is 12.1. The Bertz CT molecular complexity index is 851. The lowest BCUT2D eigenvalue weighted by Gasteiger charge is -2.17. The number of ether oxygens (including phenoxy) is 5. The fourth-order valence-corrected chi connectivity index (χ4v) is 2.51. The first-order valence-electron chi connectivity index (χ1n) is 8.54. The monoisotopic (exact) mass is 356 g/mol. The highest BCUT2D eigenvalue weighted by molar-refractivity contribution is 5.97. The SMILES string of the molecule is C=C(C)C(=O)Oc1cc(OCC2CO2)c2ccccc2c1OCC1CO1. The molecule has 0 spiro atoms. The molecular formula is C20H20O6. The Morgan fingerprint density at radius 2 is 1.69 bits per heavy atom. The molecule has 6 nitrogen and oxygen atoms in total. The van der Waals surface area contributed by atoms with Crippen LogP contribution in [0.2, 0.25) is 0 Å². The van der Waals surface area contributed by atoms with Gasteiger partial charge >= 0.3 is 5.97 Å². The first-order valence-corrected chi connectivity index (χ1v) is 8.54. The second-order valence-corrected chi connectivity index (χ2v) is 6.45. The lowest BCUT2D eigenvalue weighted by atomic mass is 10.1. The number of fused-ring (bicyclic) bond motifs is 1. The molecule has 2 aliphatic rings. The third kappa shape index (κ3) is 3.81. The zero-order valence-corrected chi connectivity index (χ0v) is 14.5. The Kier molecular flexibility index (Phi) is 4.53. The van der Waals surface area contributed by atoms with Crippen LogP contribution in [-0.2, 0) is 14.3 Å². The fourth-order valence-electron chi connectivity index (χ4n) is 2.51. The van der Waals surface area contributed by atoms with Gasteiger partial charge in [0, 0.05) is 22.4 Å². The number of benzene rings is 2.